The number of carbonyl (C=O) groups excluding carboxylic acids is 2. The SMILES string of the molecule is O=C(CN1CCN(C(=O)c2ccc(Nc3ccccc3)c([N+](=O)[O-])c2)CC1)NC1CC1. The van der Waals surface area contributed by atoms with Crippen LogP contribution in [0.1, 0.15) is 23.2 Å². The highest BCUT2D eigenvalue weighted by atomic mass is 16.6. The van der Waals surface area contributed by atoms with Crippen LogP contribution in [-0.4, -0.2) is 65.3 Å². The van der Waals surface area contributed by atoms with Crippen LogP contribution >= 0.6 is 0 Å². The predicted octanol–water partition coefficient (Wildman–Crippen LogP) is 2.37. The Bertz CT molecular complexity index is 969. The van der Waals surface area contributed by atoms with E-state index < -0.39 is 4.92 Å². The van der Waals surface area contributed by atoms with E-state index in [1.807, 2.05) is 35.2 Å². The highest BCUT2D eigenvalue weighted by Crippen LogP contribution is 2.29. The molecule has 0 bridgehead atoms. The summed E-state index contributed by atoms with van der Waals surface area (Å²) in [5.41, 5.74) is 1.20. The lowest BCUT2D eigenvalue weighted by Crippen LogP contribution is -2.51. The molecule has 2 aliphatic rings. The van der Waals surface area contributed by atoms with Crippen molar-refractivity contribution in [3.05, 3.63) is 64.2 Å². The van der Waals surface area contributed by atoms with E-state index in [9.17, 15) is 19.7 Å². The van der Waals surface area contributed by atoms with Gasteiger partial charge in [0.15, 0.2) is 0 Å². The van der Waals surface area contributed by atoms with Crippen molar-refractivity contribution in [1.82, 2.24) is 15.1 Å². The first kappa shape index (κ1) is 20.8. The fraction of sp³-hybridized carbons (Fsp3) is 0.364. The number of nitro groups is 1. The molecule has 1 aliphatic heterocycles. The van der Waals surface area contributed by atoms with Crippen molar-refractivity contribution >= 4 is 28.9 Å². The van der Waals surface area contributed by atoms with Crippen molar-refractivity contribution in [3.63, 3.8) is 0 Å². The second-order valence-electron chi connectivity index (χ2n) is 7.89. The molecule has 1 heterocycles. The van der Waals surface area contributed by atoms with E-state index in [-0.39, 0.29) is 23.1 Å². The molecule has 9 nitrogen and oxygen atoms in total. The number of carbonyl (C=O) groups is 2. The number of anilines is 2. The highest BCUT2D eigenvalue weighted by Gasteiger charge is 2.27. The summed E-state index contributed by atoms with van der Waals surface area (Å²) >= 11 is 0. The van der Waals surface area contributed by atoms with Crippen LogP contribution < -0.4 is 10.6 Å². The third-order valence-corrected chi connectivity index (χ3v) is 5.46. The van der Waals surface area contributed by atoms with Crippen molar-refractivity contribution in [2.45, 2.75) is 18.9 Å². The third-order valence-electron chi connectivity index (χ3n) is 5.46. The fourth-order valence-corrected chi connectivity index (χ4v) is 3.59. The first-order valence-electron chi connectivity index (χ1n) is 10.4. The summed E-state index contributed by atoms with van der Waals surface area (Å²) in [7, 11) is 0. The lowest BCUT2D eigenvalue weighted by molar-refractivity contribution is -0.383. The number of nitrogens with zero attached hydrogens (tertiary/aromatic N) is 3. The predicted molar refractivity (Wildman–Crippen MR) is 116 cm³/mol. The number of para-hydroxylation sites is 1. The first-order chi connectivity index (χ1) is 15.0. The summed E-state index contributed by atoms with van der Waals surface area (Å²) in [6, 6.07) is 14.0. The highest BCUT2D eigenvalue weighted by molar-refractivity contribution is 5.96. The van der Waals surface area contributed by atoms with Gasteiger partial charge in [-0.2, -0.15) is 0 Å². The van der Waals surface area contributed by atoms with Gasteiger partial charge in [0.05, 0.1) is 11.5 Å². The van der Waals surface area contributed by atoms with Crippen molar-refractivity contribution in [2.24, 2.45) is 0 Å². The van der Waals surface area contributed by atoms with Gasteiger partial charge in [-0.05, 0) is 37.1 Å². The maximum atomic E-state index is 12.9. The topological polar surface area (TPSA) is 108 Å². The zero-order valence-corrected chi connectivity index (χ0v) is 17.1. The largest absolute Gasteiger partial charge is 0.352 e. The molecule has 4 rings (SSSR count). The molecule has 1 saturated heterocycles. The quantitative estimate of drug-likeness (QED) is 0.523. The minimum atomic E-state index is -0.488. The van der Waals surface area contributed by atoms with Gasteiger partial charge in [-0.15, -0.1) is 0 Å². The zero-order valence-electron chi connectivity index (χ0n) is 17.1. The molecule has 2 N–H and O–H groups in total. The first-order valence-corrected chi connectivity index (χ1v) is 10.4. The smallest absolute Gasteiger partial charge is 0.293 e. The summed E-state index contributed by atoms with van der Waals surface area (Å²) in [6.45, 7) is 2.49. The van der Waals surface area contributed by atoms with E-state index in [1.54, 1.807) is 17.0 Å². The molecule has 0 spiro atoms. The molecule has 0 aromatic heterocycles. The average Bonchev–Trinajstić information content (AvgIpc) is 3.58. The molecule has 0 atom stereocenters. The van der Waals surface area contributed by atoms with Gasteiger partial charge < -0.3 is 15.5 Å². The van der Waals surface area contributed by atoms with E-state index in [1.165, 1.54) is 6.07 Å². The fourth-order valence-electron chi connectivity index (χ4n) is 3.59. The number of benzene rings is 2. The Morgan fingerprint density at radius 3 is 2.39 bits per heavy atom. The van der Waals surface area contributed by atoms with E-state index in [4.69, 9.17) is 0 Å². The van der Waals surface area contributed by atoms with E-state index in [0.717, 1.165) is 18.5 Å². The summed E-state index contributed by atoms with van der Waals surface area (Å²) in [5.74, 6) is -0.212. The van der Waals surface area contributed by atoms with Gasteiger partial charge in [0.25, 0.3) is 11.6 Å². The minimum absolute atomic E-state index is 0.0272. The molecular formula is C22H25N5O4. The molecule has 0 radical (unpaired) electrons. The number of nitrogens with one attached hydrogen (secondary N) is 2. The molecule has 162 valence electrons. The van der Waals surface area contributed by atoms with E-state index >= 15 is 0 Å². The molecule has 2 fully saturated rings. The van der Waals surface area contributed by atoms with Gasteiger partial charge in [-0.1, -0.05) is 18.2 Å². The van der Waals surface area contributed by atoms with E-state index in [2.05, 4.69) is 10.6 Å². The summed E-state index contributed by atoms with van der Waals surface area (Å²) in [4.78, 5) is 39.7. The van der Waals surface area contributed by atoms with Gasteiger partial charge in [-0.25, -0.2) is 0 Å². The van der Waals surface area contributed by atoms with Crippen molar-refractivity contribution in [1.29, 1.82) is 0 Å². The van der Waals surface area contributed by atoms with Crippen molar-refractivity contribution in [3.8, 4) is 0 Å². The van der Waals surface area contributed by atoms with Crippen LogP contribution in [0, 0.1) is 10.1 Å². The third kappa shape index (κ3) is 5.37. The van der Waals surface area contributed by atoms with Crippen LogP contribution in [0.3, 0.4) is 0 Å². The van der Waals surface area contributed by atoms with Crippen molar-refractivity contribution in [2.75, 3.05) is 38.0 Å². The normalized spacial score (nSPS) is 16.6. The molecule has 1 aliphatic carbocycles. The molecular weight excluding hydrogens is 398 g/mol. The maximum absolute atomic E-state index is 12.9. The number of rotatable bonds is 7. The standard InChI is InChI=1S/C22H25N5O4/c28-21(24-18-7-8-18)15-25-10-12-26(13-11-25)22(29)16-6-9-19(20(14-16)27(30)31)23-17-4-2-1-3-5-17/h1-6,9,14,18,23H,7-8,10-13,15H2,(H,24,28). The van der Waals surface area contributed by atoms with E-state index in [0.29, 0.717) is 44.5 Å². The summed E-state index contributed by atoms with van der Waals surface area (Å²) in [6.07, 6.45) is 2.11. The van der Waals surface area contributed by atoms with Crippen LogP contribution in [0.2, 0.25) is 0 Å². The summed E-state index contributed by atoms with van der Waals surface area (Å²) < 4.78 is 0. The molecule has 2 aromatic rings. The van der Waals surface area contributed by atoms with Gasteiger partial charge in [-0.3, -0.25) is 24.6 Å². The van der Waals surface area contributed by atoms with Gasteiger partial charge >= 0.3 is 0 Å². The molecule has 0 unspecified atom stereocenters. The maximum Gasteiger partial charge on any atom is 0.293 e. The lowest BCUT2D eigenvalue weighted by Gasteiger charge is -2.34. The second-order valence-corrected chi connectivity index (χ2v) is 7.89. The lowest BCUT2D eigenvalue weighted by atomic mass is 10.1. The van der Waals surface area contributed by atoms with Crippen molar-refractivity contribution < 1.29 is 14.5 Å². The summed E-state index contributed by atoms with van der Waals surface area (Å²) in [5, 5.41) is 17.6. The number of hydrogen-bond acceptors (Lipinski definition) is 6. The number of nitro benzene ring substituents is 1. The van der Waals surface area contributed by atoms with Crippen LogP contribution in [0.15, 0.2) is 48.5 Å². The molecule has 1 saturated carbocycles. The van der Waals surface area contributed by atoms with Crippen LogP contribution in [0.5, 0.6) is 0 Å². The average molecular weight is 423 g/mol. The molecule has 2 amide bonds. The Kier molecular flexibility index (Phi) is 6.13. The number of amides is 2. The Morgan fingerprint density at radius 2 is 1.74 bits per heavy atom. The molecule has 9 heteroatoms. The Hall–Kier alpha value is -3.46. The molecule has 31 heavy (non-hydrogen) atoms. The van der Waals surface area contributed by atoms with Gasteiger partial charge in [0.2, 0.25) is 5.91 Å². The Labute approximate surface area is 180 Å². The van der Waals surface area contributed by atoms with Crippen LogP contribution in [-0.2, 0) is 4.79 Å². The van der Waals surface area contributed by atoms with Gasteiger partial charge in [0, 0.05) is 49.5 Å². The zero-order chi connectivity index (χ0) is 21.8. The molecule has 2 aromatic carbocycles. The second kappa shape index (κ2) is 9.13. The van der Waals surface area contributed by atoms with Gasteiger partial charge in [0.1, 0.15) is 5.69 Å². The Balaban J connectivity index is 1.38. The number of piperazine rings is 1. The Morgan fingerprint density at radius 1 is 1.03 bits per heavy atom. The monoisotopic (exact) mass is 423 g/mol. The number of hydrogen-bond donors (Lipinski definition) is 2. The minimum Gasteiger partial charge on any atom is -0.352 e. The van der Waals surface area contributed by atoms with Crippen LogP contribution in [0.4, 0.5) is 17.1 Å². The van der Waals surface area contributed by atoms with Crippen LogP contribution in [0.25, 0.3) is 0 Å².